The zero-order valence-corrected chi connectivity index (χ0v) is 13.8. The molecule has 138 valence electrons. The van der Waals surface area contributed by atoms with Crippen molar-refractivity contribution in [2.24, 2.45) is 5.73 Å². The predicted octanol–water partition coefficient (Wildman–Crippen LogP) is 4.05. The quantitative estimate of drug-likeness (QED) is 0.768. The van der Waals surface area contributed by atoms with Crippen LogP contribution in [0, 0.1) is 0 Å². The number of amides is 2. The van der Waals surface area contributed by atoms with Crippen molar-refractivity contribution < 1.29 is 22.7 Å². The van der Waals surface area contributed by atoms with Gasteiger partial charge in [0.1, 0.15) is 5.75 Å². The van der Waals surface area contributed by atoms with E-state index < -0.39 is 12.4 Å². The second-order valence-electron chi connectivity index (χ2n) is 6.14. The third-order valence-electron chi connectivity index (χ3n) is 4.08. The maximum Gasteiger partial charge on any atom is 0.573 e. The van der Waals surface area contributed by atoms with Crippen LogP contribution in [0.4, 0.5) is 29.3 Å². The molecule has 0 aliphatic heterocycles. The van der Waals surface area contributed by atoms with Gasteiger partial charge in [0.15, 0.2) is 0 Å². The van der Waals surface area contributed by atoms with Gasteiger partial charge >= 0.3 is 12.4 Å². The molecule has 0 fully saturated rings. The Hall–Kier alpha value is -2.74. The molecule has 8 heteroatoms. The molecule has 0 bridgehead atoms. The molecule has 2 aromatic rings. The highest BCUT2D eigenvalue weighted by Crippen LogP contribution is 2.25. The van der Waals surface area contributed by atoms with Gasteiger partial charge in [-0.3, -0.25) is 0 Å². The minimum atomic E-state index is -4.75. The molecule has 0 spiro atoms. The summed E-state index contributed by atoms with van der Waals surface area (Å²) in [7, 11) is 0. The molecule has 2 amide bonds. The number of anilines is 2. The van der Waals surface area contributed by atoms with Gasteiger partial charge in [-0.15, -0.1) is 13.2 Å². The Morgan fingerprint density at radius 3 is 2.38 bits per heavy atom. The number of rotatable bonds is 3. The first-order valence-electron chi connectivity index (χ1n) is 8.10. The number of halogens is 3. The van der Waals surface area contributed by atoms with Crippen molar-refractivity contribution in [3.63, 3.8) is 0 Å². The number of hydrogen-bond donors (Lipinski definition) is 3. The van der Waals surface area contributed by atoms with Gasteiger partial charge in [0.2, 0.25) is 0 Å². The zero-order valence-electron chi connectivity index (χ0n) is 13.8. The first kappa shape index (κ1) is 18.1. The van der Waals surface area contributed by atoms with Gasteiger partial charge in [-0.25, -0.2) is 4.79 Å². The maximum absolute atomic E-state index is 12.1. The molecule has 1 atom stereocenters. The molecule has 0 radical (unpaired) electrons. The number of fused-ring (bicyclic) bond motifs is 1. The Morgan fingerprint density at radius 1 is 1.04 bits per heavy atom. The molecule has 0 saturated carbocycles. The standard InChI is InChI=1S/C18H18F3N3O2/c19-18(20,21)26-16-7-5-14(6-8-16)23-17(25)24-15-4-2-11-9-13(22)3-1-12(11)10-15/h2,4-8,10,13H,1,3,9,22H2,(H2,23,24,25). The van der Waals surface area contributed by atoms with Crippen LogP contribution in [-0.2, 0) is 12.8 Å². The number of carbonyl (C=O) groups excluding carboxylic acids is 1. The van der Waals surface area contributed by atoms with E-state index in [0.717, 1.165) is 37.0 Å². The smallest absolute Gasteiger partial charge is 0.406 e. The number of nitrogens with one attached hydrogen (secondary N) is 2. The van der Waals surface area contributed by atoms with Crippen molar-refractivity contribution in [1.29, 1.82) is 0 Å². The monoisotopic (exact) mass is 365 g/mol. The summed E-state index contributed by atoms with van der Waals surface area (Å²) in [6, 6.07) is 10.3. The van der Waals surface area contributed by atoms with Gasteiger partial charge in [-0.05, 0) is 66.8 Å². The van der Waals surface area contributed by atoms with E-state index in [2.05, 4.69) is 15.4 Å². The third-order valence-corrected chi connectivity index (χ3v) is 4.08. The fourth-order valence-electron chi connectivity index (χ4n) is 2.89. The average molecular weight is 365 g/mol. The largest absolute Gasteiger partial charge is 0.573 e. The summed E-state index contributed by atoms with van der Waals surface area (Å²) >= 11 is 0. The Morgan fingerprint density at radius 2 is 1.69 bits per heavy atom. The van der Waals surface area contributed by atoms with Crippen LogP contribution in [0.5, 0.6) is 5.75 Å². The van der Waals surface area contributed by atoms with Crippen LogP contribution < -0.4 is 21.1 Å². The van der Waals surface area contributed by atoms with Crippen molar-refractivity contribution in [2.75, 3.05) is 10.6 Å². The second kappa shape index (κ2) is 7.25. The summed E-state index contributed by atoms with van der Waals surface area (Å²) in [5, 5.41) is 5.27. The van der Waals surface area contributed by atoms with E-state index in [1.54, 1.807) is 6.07 Å². The van der Waals surface area contributed by atoms with Crippen LogP contribution in [0.3, 0.4) is 0 Å². The van der Waals surface area contributed by atoms with Crippen molar-refractivity contribution in [3.8, 4) is 5.75 Å². The summed E-state index contributed by atoms with van der Waals surface area (Å²) in [6.07, 6.45) is -2.14. The lowest BCUT2D eigenvalue weighted by molar-refractivity contribution is -0.274. The lowest BCUT2D eigenvalue weighted by atomic mass is 9.88. The number of aryl methyl sites for hydroxylation is 1. The average Bonchev–Trinajstić information content (AvgIpc) is 2.55. The molecule has 1 unspecified atom stereocenters. The number of carbonyl (C=O) groups is 1. The summed E-state index contributed by atoms with van der Waals surface area (Å²) in [5.74, 6) is -0.351. The van der Waals surface area contributed by atoms with E-state index in [-0.39, 0.29) is 11.8 Å². The Labute approximate surface area is 148 Å². The first-order chi connectivity index (χ1) is 12.3. The van der Waals surface area contributed by atoms with Gasteiger partial charge in [-0.1, -0.05) is 6.07 Å². The van der Waals surface area contributed by atoms with E-state index >= 15 is 0 Å². The van der Waals surface area contributed by atoms with Crippen LogP contribution in [0.1, 0.15) is 17.5 Å². The van der Waals surface area contributed by atoms with Crippen LogP contribution in [0.2, 0.25) is 0 Å². The first-order valence-corrected chi connectivity index (χ1v) is 8.10. The number of nitrogens with two attached hydrogens (primary N) is 1. The molecule has 0 aromatic heterocycles. The summed E-state index contributed by atoms with van der Waals surface area (Å²) in [6.45, 7) is 0. The van der Waals surface area contributed by atoms with E-state index in [0.29, 0.717) is 11.4 Å². The zero-order chi connectivity index (χ0) is 18.7. The minimum Gasteiger partial charge on any atom is -0.406 e. The summed E-state index contributed by atoms with van der Waals surface area (Å²) < 4.78 is 40.2. The van der Waals surface area contributed by atoms with Crippen molar-refractivity contribution in [2.45, 2.75) is 31.7 Å². The minimum absolute atomic E-state index is 0.175. The molecular weight excluding hydrogens is 347 g/mol. The molecule has 5 nitrogen and oxygen atoms in total. The number of urea groups is 1. The SMILES string of the molecule is NC1CCc2cc(NC(=O)Nc3ccc(OC(F)(F)F)cc3)ccc2C1. The van der Waals surface area contributed by atoms with Crippen molar-refractivity contribution in [1.82, 2.24) is 0 Å². The van der Waals surface area contributed by atoms with Gasteiger partial charge in [0, 0.05) is 17.4 Å². The van der Waals surface area contributed by atoms with E-state index in [1.165, 1.54) is 17.7 Å². The number of benzene rings is 2. The third kappa shape index (κ3) is 4.89. The number of alkyl halides is 3. The Kier molecular flexibility index (Phi) is 5.03. The number of hydrogen-bond acceptors (Lipinski definition) is 3. The highest BCUT2D eigenvalue weighted by Gasteiger charge is 2.30. The van der Waals surface area contributed by atoms with Gasteiger partial charge in [0.05, 0.1) is 0 Å². The molecule has 0 saturated heterocycles. The maximum atomic E-state index is 12.1. The van der Waals surface area contributed by atoms with Crippen LogP contribution in [-0.4, -0.2) is 18.4 Å². The molecule has 2 aromatic carbocycles. The van der Waals surface area contributed by atoms with Crippen LogP contribution in [0.25, 0.3) is 0 Å². The molecular formula is C18H18F3N3O2. The molecule has 26 heavy (non-hydrogen) atoms. The Bertz CT molecular complexity index is 791. The normalized spacial score (nSPS) is 16.5. The Balaban J connectivity index is 1.59. The summed E-state index contributed by atoms with van der Waals surface area (Å²) in [4.78, 5) is 12.1. The highest BCUT2D eigenvalue weighted by molar-refractivity contribution is 5.99. The second-order valence-corrected chi connectivity index (χ2v) is 6.14. The van der Waals surface area contributed by atoms with Gasteiger partial charge in [-0.2, -0.15) is 0 Å². The lowest BCUT2D eigenvalue weighted by Gasteiger charge is -2.22. The topological polar surface area (TPSA) is 76.4 Å². The number of ether oxygens (including phenoxy) is 1. The lowest BCUT2D eigenvalue weighted by Crippen LogP contribution is -2.28. The highest BCUT2D eigenvalue weighted by atomic mass is 19.4. The van der Waals surface area contributed by atoms with Gasteiger partial charge in [0.25, 0.3) is 0 Å². The van der Waals surface area contributed by atoms with Crippen LogP contribution in [0.15, 0.2) is 42.5 Å². The van der Waals surface area contributed by atoms with E-state index in [1.807, 2.05) is 12.1 Å². The molecule has 4 N–H and O–H groups in total. The molecule has 1 aliphatic carbocycles. The van der Waals surface area contributed by atoms with Crippen LogP contribution >= 0.6 is 0 Å². The fraction of sp³-hybridized carbons (Fsp3) is 0.278. The molecule has 3 rings (SSSR count). The van der Waals surface area contributed by atoms with Crippen molar-refractivity contribution >= 4 is 17.4 Å². The molecule has 1 aliphatic rings. The molecule has 0 heterocycles. The van der Waals surface area contributed by atoms with Crippen molar-refractivity contribution in [3.05, 3.63) is 53.6 Å². The van der Waals surface area contributed by atoms with E-state index in [4.69, 9.17) is 5.73 Å². The van der Waals surface area contributed by atoms with E-state index in [9.17, 15) is 18.0 Å². The summed E-state index contributed by atoms with van der Waals surface area (Å²) in [5.41, 5.74) is 9.30. The predicted molar refractivity (Wildman–Crippen MR) is 92.2 cm³/mol. The fourth-order valence-corrected chi connectivity index (χ4v) is 2.89. The van der Waals surface area contributed by atoms with Gasteiger partial charge < -0.3 is 21.1 Å².